The summed E-state index contributed by atoms with van der Waals surface area (Å²) < 4.78 is 21.3. The van der Waals surface area contributed by atoms with Crippen molar-refractivity contribution >= 4 is 22.6 Å². The van der Waals surface area contributed by atoms with Crippen LogP contribution in [-0.2, 0) is 0 Å². The number of hydrogen-bond donors (Lipinski definition) is 1. The molecule has 0 radical (unpaired) electrons. The van der Waals surface area contributed by atoms with Crippen LogP contribution in [-0.4, -0.2) is 27.2 Å². The Morgan fingerprint density at radius 1 is 0.844 bits per heavy atom. The van der Waals surface area contributed by atoms with E-state index in [4.69, 9.17) is 18.6 Å². The van der Waals surface area contributed by atoms with Crippen molar-refractivity contribution in [3.63, 3.8) is 0 Å². The molecule has 32 heavy (non-hydrogen) atoms. The topological polar surface area (TPSA) is 87.0 Å². The van der Waals surface area contributed by atoms with Crippen LogP contribution in [0.25, 0.3) is 22.1 Å². The number of carbonyl (C=O) groups is 1. The standard InChI is InChI=1S/C25H21NO6/c1-29-18-10-11-21(30-2)19(14-18)15-6-4-8-17(12-15)26-24(27)20-13-16-7-5-9-22(31-3)23(16)32-25(20)28/h4-14H,1-3H3,(H,26,27). The summed E-state index contributed by atoms with van der Waals surface area (Å²) in [6.45, 7) is 0. The van der Waals surface area contributed by atoms with Crippen LogP contribution in [0.15, 0.2) is 75.9 Å². The highest BCUT2D eigenvalue weighted by Gasteiger charge is 2.16. The Balaban J connectivity index is 1.67. The largest absolute Gasteiger partial charge is 0.497 e. The molecular weight excluding hydrogens is 410 g/mol. The molecule has 3 aromatic carbocycles. The fourth-order valence-electron chi connectivity index (χ4n) is 3.44. The summed E-state index contributed by atoms with van der Waals surface area (Å²) in [4.78, 5) is 25.3. The highest BCUT2D eigenvalue weighted by atomic mass is 16.5. The summed E-state index contributed by atoms with van der Waals surface area (Å²) in [6.07, 6.45) is 0. The SMILES string of the molecule is COc1ccc(OC)c(-c2cccc(NC(=O)c3cc4cccc(OC)c4oc3=O)c2)c1. The van der Waals surface area contributed by atoms with Crippen molar-refractivity contribution in [2.75, 3.05) is 26.6 Å². The molecule has 0 atom stereocenters. The number of hydrogen-bond acceptors (Lipinski definition) is 6. The third-order valence-electron chi connectivity index (χ3n) is 5.03. The van der Waals surface area contributed by atoms with Crippen molar-refractivity contribution in [1.82, 2.24) is 0 Å². The highest BCUT2D eigenvalue weighted by molar-refractivity contribution is 6.06. The first-order valence-corrected chi connectivity index (χ1v) is 9.78. The molecule has 7 nitrogen and oxygen atoms in total. The van der Waals surface area contributed by atoms with Gasteiger partial charge in [-0.1, -0.05) is 24.3 Å². The molecule has 0 aliphatic rings. The number of anilines is 1. The second-order valence-corrected chi connectivity index (χ2v) is 6.93. The minimum atomic E-state index is -0.745. The van der Waals surface area contributed by atoms with E-state index in [1.807, 2.05) is 24.3 Å². The average molecular weight is 431 g/mol. The van der Waals surface area contributed by atoms with Crippen LogP contribution in [0.5, 0.6) is 17.2 Å². The number of methoxy groups -OCH3 is 3. The number of fused-ring (bicyclic) bond motifs is 1. The monoisotopic (exact) mass is 431 g/mol. The summed E-state index contributed by atoms with van der Waals surface area (Å²) in [5.41, 5.74) is 1.58. The van der Waals surface area contributed by atoms with E-state index in [1.165, 1.54) is 13.2 Å². The number of para-hydroxylation sites is 1. The van der Waals surface area contributed by atoms with Gasteiger partial charge in [-0.2, -0.15) is 0 Å². The van der Waals surface area contributed by atoms with Gasteiger partial charge in [-0.05, 0) is 48.0 Å². The Morgan fingerprint density at radius 2 is 1.62 bits per heavy atom. The van der Waals surface area contributed by atoms with Crippen molar-refractivity contribution < 1.29 is 23.4 Å². The van der Waals surface area contributed by atoms with Gasteiger partial charge < -0.3 is 23.9 Å². The maximum absolute atomic E-state index is 12.9. The second-order valence-electron chi connectivity index (χ2n) is 6.93. The third-order valence-corrected chi connectivity index (χ3v) is 5.03. The molecule has 0 aliphatic heterocycles. The molecule has 4 aromatic rings. The van der Waals surface area contributed by atoms with Gasteiger partial charge in [0.25, 0.3) is 5.91 Å². The summed E-state index contributed by atoms with van der Waals surface area (Å²) in [6, 6.07) is 19.4. The lowest BCUT2D eigenvalue weighted by atomic mass is 10.0. The zero-order valence-electron chi connectivity index (χ0n) is 17.8. The van der Waals surface area contributed by atoms with Crippen molar-refractivity contribution in [3.05, 3.63) is 82.7 Å². The van der Waals surface area contributed by atoms with Crippen LogP contribution >= 0.6 is 0 Å². The van der Waals surface area contributed by atoms with Gasteiger partial charge in [-0.15, -0.1) is 0 Å². The van der Waals surface area contributed by atoms with Gasteiger partial charge in [0.2, 0.25) is 0 Å². The van der Waals surface area contributed by atoms with E-state index in [2.05, 4.69) is 5.32 Å². The molecule has 0 unspecified atom stereocenters. The Bertz CT molecular complexity index is 1360. The fraction of sp³-hybridized carbons (Fsp3) is 0.120. The lowest BCUT2D eigenvalue weighted by molar-refractivity contribution is 0.102. The molecule has 1 N–H and O–H groups in total. The van der Waals surface area contributed by atoms with Crippen molar-refractivity contribution in [2.45, 2.75) is 0 Å². The van der Waals surface area contributed by atoms with E-state index >= 15 is 0 Å². The van der Waals surface area contributed by atoms with Gasteiger partial charge >= 0.3 is 5.63 Å². The van der Waals surface area contributed by atoms with E-state index in [0.717, 1.165) is 11.1 Å². The second kappa shape index (κ2) is 8.85. The summed E-state index contributed by atoms with van der Waals surface area (Å²) in [5, 5.41) is 3.35. The maximum Gasteiger partial charge on any atom is 0.349 e. The third kappa shape index (κ3) is 4.00. The van der Waals surface area contributed by atoms with E-state index in [-0.39, 0.29) is 5.56 Å². The van der Waals surface area contributed by atoms with Gasteiger partial charge in [-0.25, -0.2) is 4.79 Å². The maximum atomic E-state index is 12.9. The zero-order chi connectivity index (χ0) is 22.7. The van der Waals surface area contributed by atoms with Crippen LogP contribution in [0.1, 0.15) is 10.4 Å². The molecule has 0 fully saturated rings. The smallest absolute Gasteiger partial charge is 0.349 e. The first kappa shape index (κ1) is 21.0. The summed E-state index contributed by atoms with van der Waals surface area (Å²) in [7, 11) is 4.66. The minimum Gasteiger partial charge on any atom is -0.497 e. The van der Waals surface area contributed by atoms with Crippen LogP contribution in [0, 0.1) is 0 Å². The molecule has 7 heteroatoms. The highest BCUT2D eigenvalue weighted by Crippen LogP contribution is 2.34. The van der Waals surface area contributed by atoms with Crippen molar-refractivity contribution in [2.24, 2.45) is 0 Å². The van der Waals surface area contributed by atoms with Crippen molar-refractivity contribution in [3.8, 4) is 28.4 Å². The van der Waals surface area contributed by atoms with Gasteiger partial charge in [0.1, 0.15) is 17.1 Å². The van der Waals surface area contributed by atoms with E-state index in [1.54, 1.807) is 50.6 Å². The number of carbonyl (C=O) groups excluding carboxylic acids is 1. The van der Waals surface area contributed by atoms with Gasteiger partial charge in [0.15, 0.2) is 11.3 Å². The zero-order valence-corrected chi connectivity index (χ0v) is 17.8. The van der Waals surface area contributed by atoms with Gasteiger partial charge in [0, 0.05) is 16.6 Å². The van der Waals surface area contributed by atoms with E-state index in [9.17, 15) is 9.59 Å². The molecular formula is C25H21NO6. The molecule has 0 aliphatic carbocycles. The normalized spacial score (nSPS) is 10.6. The van der Waals surface area contributed by atoms with Crippen LogP contribution in [0.4, 0.5) is 5.69 Å². The Kier molecular flexibility index (Phi) is 5.81. The first-order valence-electron chi connectivity index (χ1n) is 9.78. The number of ether oxygens (including phenoxy) is 3. The Labute approximate surface area is 184 Å². The minimum absolute atomic E-state index is 0.102. The average Bonchev–Trinajstić information content (AvgIpc) is 2.82. The molecule has 1 aromatic heterocycles. The molecule has 0 saturated carbocycles. The van der Waals surface area contributed by atoms with Crippen molar-refractivity contribution in [1.29, 1.82) is 0 Å². The molecule has 1 heterocycles. The molecule has 162 valence electrons. The van der Waals surface area contributed by atoms with E-state index < -0.39 is 11.5 Å². The number of amides is 1. The van der Waals surface area contributed by atoms with Gasteiger partial charge in [0.05, 0.1) is 21.3 Å². The molecule has 4 rings (SSSR count). The van der Waals surface area contributed by atoms with Crippen LogP contribution in [0.3, 0.4) is 0 Å². The quantitative estimate of drug-likeness (QED) is 0.444. The molecule has 0 spiro atoms. The molecule has 1 amide bonds. The number of rotatable bonds is 6. The van der Waals surface area contributed by atoms with Crippen LogP contribution in [0.2, 0.25) is 0 Å². The predicted octanol–water partition coefficient (Wildman–Crippen LogP) is 4.74. The first-order chi connectivity index (χ1) is 15.5. The van der Waals surface area contributed by atoms with Crippen LogP contribution < -0.4 is 25.2 Å². The van der Waals surface area contributed by atoms with E-state index in [0.29, 0.717) is 33.9 Å². The van der Waals surface area contributed by atoms with Gasteiger partial charge in [-0.3, -0.25) is 4.79 Å². The molecule has 0 bridgehead atoms. The molecule has 0 saturated heterocycles. The Hall–Kier alpha value is -4.26. The summed E-state index contributed by atoms with van der Waals surface area (Å²) in [5.74, 6) is 1.20. The predicted molar refractivity (Wildman–Crippen MR) is 122 cm³/mol. The number of benzene rings is 3. The lowest BCUT2D eigenvalue weighted by Gasteiger charge is -2.12. The fourth-order valence-corrected chi connectivity index (χ4v) is 3.44. The Morgan fingerprint density at radius 3 is 2.38 bits per heavy atom. The summed E-state index contributed by atoms with van der Waals surface area (Å²) >= 11 is 0. The number of nitrogens with one attached hydrogen (secondary N) is 1. The lowest BCUT2D eigenvalue weighted by Crippen LogP contribution is -2.20.